The summed E-state index contributed by atoms with van der Waals surface area (Å²) in [6, 6.07) is 12.5. The van der Waals surface area contributed by atoms with Crippen molar-refractivity contribution in [2.24, 2.45) is 0 Å². The Morgan fingerprint density at radius 1 is 1.10 bits per heavy atom. The molecule has 1 heterocycles. The van der Waals surface area contributed by atoms with E-state index in [1.807, 2.05) is 0 Å². The number of hydrogen-bond donors (Lipinski definition) is 2. The summed E-state index contributed by atoms with van der Waals surface area (Å²) in [5, 5.41) is 24.1. The number of rotatable bonds is 7. The molecule has 0 spiro atoms. The number of thioether (sulfide) groups is 1. The van der Waals surface area contributed by atoms with Gasteiger partial charge in [0.15, 0.2) is 0 Å². The number of aromatic nitrogens is 2. The summed E-state index contributed by atoms with van der Waals surface area (Å²) in [4.78, 5) is 33.4. The molecule has 148 valence electrons. The maximum Gasteiger partial charge on any atom is 0.277 e. The minimum absolute atomic E-state index is 0.0318. The zero-order valence-corrected chi connectivity index (χ0v) is 15.9. The molecule has 0 radical (unpaired) electrons. The summed E-state index contributed by atoms with van der Waals surface area (Å²) in [5.74, 6) is -0.297. The summed E-state index contributed by atoms with van der Waals surface area (Å²) in [6.45, 7) is 1.41. The average molecular weight is 413 g/mol. The number of non-ortho nitro benzene ring substituents is 1. The topological polar surface area (TPSA) is 140 Å². The molecular formula is C18H15N5O5S. The van der Waals surface area contributed by atoms with Crippen molar-refractivity contribution in [2.75, 3.05) is 16.4 Å². The lowest BCUT2D eigenvalue weighted by Gasteiger charge is -2.06. The van der Waals surface area contributed by atoms with Gasteiger partial charge in [-0.25, -0.2) is 0 Å². The van der Waals surface area contributed by atoms with Gasteiger partial charge in [-0.1, -0.05) is 17.8 Å². The van der Waals surface area contributed by atoms with Crippen LogP contribution in [0.15, 0.2) is 58.2 Å². The van der Waals surface area contributed by atoms with Crippen LogP contribution in [-0.4, -0.2) is 32.7 Å². The summed E-state index contributed by atoms with van der Waals surface area (Å²) < 4.78 is 5.46. The third-order valence-corrected chi connectivity index (χ3v) is 4.34. The molecule has 0 aliphatic rings. The lowest BCUT2D eigenvalue weighted by atomic mass is 10.2. The Morgan fingerprint density at radius 3 is 2.45 bits per heavy atom. The average Bonchev–Trinajstić information content (AvgIpc) is 3.17. The third kappa shape index (κ3) is 5.62. The fourth-order valence-corrected chi connectivity index (χ4v) is 2.86. The number of carbonyl (C=O) groups is 2. The number of amides is 2. The number of anilines is 2. The molecule has 3 aromatic rings. The van der Waals surface area contributed by atoms with Gasteiger partial charge in [-0.15, -0.1) is 10.2 Å². The van der Waals surface area contributed by atoms with E-state index in [1.54, 1.807) is 30.3 Å². The number of carbonyl (C=O) groups excluding carboxylic acids is 2. The largest absolute Gasteiger partial charge is 0.411 e. The molecule has 2 amide bonds. The minimum Gasteiger partial charge on any atom is -0.411 e. The van der Waals surface area contributed by atoms with Gasteiger partial charge in [0.25, 0.3) is 10.9 Å². The molecule has 0 aliphatic carbocycles. The Bertz CT molecular complexity index is 1050. The van der Waals surface area contributed by atoms with E-state index in [0.717, 1.165) is 11.8 Å². The highest BCUT2D eigenvalue weighted by Gasteiger charge is 2.14. The highest BCUT2D eigenvalue weighted by molar-refractivity contribution is 7.99. The van der Waals surface area contributed by atoms with Crippen LogP contribution in [0, 0.1) is 10.1 Å². The van der Waals surface area contributed by atoms with E-state index in [0.29, 0.717) is 16.9 Å². The molecule has 2 N–H and O–H groups in total. The van der Waals surface area contributed by atoms with Gasteiger partial charge in [-0.2, -0.15) is 0 Å². The number of nitrogens with one attached hydrogen (secondary N) is 2. The maximum atomic E-state index is 12.1. The van der Waals surface area contributed by atoms with Crippen molar-refractivity contribution in [3.63, 3.8) is 0 Å². The van der Waals surface area contributed by atoms with Gasteiger partial charge in [0.1, 0.15) is 0 Å². The fourth-order valence-electron chi connectivity index (χ4n) is 2.30. The van der Waals surface area contributed by atoms with Crippen LogP contribution < -0.4 is 10.6 Å². The van der Waals surface area contributed by atoms with Gasteiger partial charge in [-0.05, 0) is 30.3 Å². The molecule has 0 aliphatic heterocycles. The summed E-state index contributed by atoms with van der Waals surface area (Å²) in [5.41, 5.74) is 1.54. The number of benzene rings is 2. The minimum atomic E-state index is -0.511. The van der Waals surface area contributed by atoms with Crippen LogP contribution in [0.1, 0.15) is 6.92 Å². The van der Waals surface area contributed by atoms with Crippen molar-refractivity contribution in [3.8, 4) is 11.5 Å². The van der Waals surface area contributed by atoms with Crippen LogP contribution in [0.3, 0.4) is 0 Å². The molecule has 11 heteroatoms. The van der Waals surface area contributed by atoms with Crippen LogP contribution in [0.4, 0.5) is 17.1 Å². The normalized spacial score (nSPS) is 10.4. The van der Waals surface area contributed by atoms with Crippen molar-refractivity contribution in [1.82, 2.24) is 10.2 Å². The van der Waals surface area contributed by atoms with Crippen molar-refractivity contribution in [2.45, 2.75) is 12.1 Å². The standard InChI is InChI=1S/C18H15N5O5S/c1-11(24)19-13-5-7-14(8-6-13)20-16(25)10-29-18-22-21-17(28-18)12-3-2-4-15(9-12)23(26)27/h2-9H,10H2,1H3,(H,19,24)(H,20,25). The molecule has 0 fully saturated rings. The Morgan fingerprint density at radius 2 is 1.79 bits per heavy atom. The maximum absolute atomic E-state index is 12.1. The lowest BCUT2D eigenvalue weighted by Crippen LogP contribution is -2.14. The van der Waals surface area contributed by atoms with E-state index in [9.17, 15) is 19.7 Å². The molecule has 0 bridgehead atoms. The molecule has 0 saturated carbocycles. The monoisotopic (exact) mass is 413 g/mol. The SMILES string of the molecule is CC(=O)Nc1ccc(NC(=O)CSc2nnc(-c3cccc([N+](=O)[O-])c3)o2)cc1. The van der Waals surface area contributed by atoms with Crippen molar-refractivity contribution in [1.29, 1.82) is 0 Å². The quantitative estimate of drug-likeness (QED) is 0.341. The van der Waals surface area contributed by atoms with Crippen LogP contribution in [-0.2, 0) is 9.59 Å². The van der Waals surface area contributed by atoms with Crippen molar-refractivity contribution >= 4 is 40.6 Å². The first-order valence-electron chi connectivity index (χ1n) is 8.29. The molecule has 1 aromatic heterocycles. The van der Waals surface area contributed by atoms with Gasteiger partial charge < -0.3 is 15.1 Å². The Balaban J connectivity index is 1.55. The number of nitro groups is 1. The van der Waals surface area contributed by atoms with E-state index in [-0.39, 0.29) is 34.4 Å². The first-order valence-corrected chi connectivity index (χ1v) is 9.28. The van der Waals surface area contributed by atoms with E-state index in [4.69, 9.17) is 4.42 Å². The first-order chi connectivity index (χ1) is 13.9. The molecular weight excluding hydrogens is 398 g/mol. The zero-order valence-electron chi connectivity index (χ0n) is 15.1. The van der Waals surface area contributed by atoms with Crippen molar-refractivity contribution < 1.29 is 18.9 Å². The number of hydrogen-bond acceptors (Lipinski definition) is 8. The Hall–Kier alpha value is -3.73. The molecule has 29 heavy (non-hydrogen) atoms. The van der Waals surface area contributed by atoms with Crippen molar-refractivity contribution in [3.05, 3.63) is 58.6 Å². The Labute approximate surface area is 168 Å². The van der Waals surface area contributed by atoms with Gasteiger partial charge in [0.2, 0.25) is 17.7 Å². The van der Waals surface area contributed by atoms with E-state index < -0.39 is 4.92 Å². The smallest absolute Gasteiger partial charge is 0.277 e. The zero-order chi connectivity index (χ0) is 20.8. The van der Waals surface area contributed by atoms with Gasteiger partial charge >= 0.3 is 0 Å². The second-order valence-corrected chi connectivity index (χ2v) is 6.70. The summed E-state index contributed by atoms with van der Waals surface area (Å²) >= 11 is 1.04. The van der Waals surface area contributed by atoms with E-state index in [1.165, 1.54) is 25.1 Å². The van der Waals surface area contributed by atoms with E-state index >= 15 is 0 Å². The molecule has 0 saturated heterocycles. The molecule has 10 nitrogen and oxygen atoms in total. The first kappa shape index (κ1) is 20.0. The van der Waals surface area contributed by atoms with Crippen LogP contribution in [0.2, 0.25) is 0 Å². The number of nitrogens with zero attached hydrogens (tertiary/aromatic N) is 3. The predicted molar refractivity (Wildman–Crippen MR) is 106 cm³/mol. The summed E-state index contributed by atoms with van der Waals surface area (Å²) in [7, 11) is 0. The molecule has 2 aromatic carbocycles. The third-order valence-electron chi connectivity index (χ3n) is 3.53. The van der Waals surface area contributed by atoms with Crippen LogP contribution in [0.25, 0.3) is 11.5 Å². The molecule has 0 unspecified atom stereocenters. The summed E-state index contributed by atoms with van der Waals surface area (Å²) in [6.07, 6.45) is 0. The second-order valence-electron chi connectivity index (χ2n) is 5.78. The Kier molecular flexibility index (Phi) is 6.19. The predicted octanol–water partition coefficient (Wildman–Crippen LogP) is 3.33. The molecule has 0 atom stereocenters. The second kappa shape index (κ2) is 8.97. The van der Waals surface area contributed by atoms with Gasteiger partial charge in [-0.3, -0.25) is 19.7 Å². The lowest BCUT2D eigenvalue weighted by molar-refractivity contribution is -0.384. The fraction of sp³-hybridized carbons (Fsp3) is 0.111. The highest BCUT2D eigenvalue weighted by atomic mass is 32.2. The molecule has 3 rings (SSSR count). The van der Waals surface area contributed by atoms with E-state index in [2.05, 4.69) is 20.8 Å². The highest BCUT2D eigenvalue weighted by Crippen LogP contribution is 2.26. The van der Waals surface area contributed by atoms with Crippen LogP contribution >= 0.6 is 11.8 Å². The van der Waals surface area contributed by atoms with Gasteiger partial charge in [0, 0.05) is 36.0 Å². The number of nitro benzene ring substituents is 1. The van der Waals surface area contributed by atoms with Gasteiger partial charge in [0.05, 0.1) is 10.7 Å². The van der Waals surface area contributed by atoms with Crippen LogP contribution in [0.5, 0.6) is 0 Å².